The van der Waals surface area contributed by atoms with Crippen molar-refractivity contribution in [2.75, 3.05) is 31.1 Å². The van der Waals surface area contributed by atoms with Crippen molar-refractivity contribution in [3.05, 3.63) is 53.5 Å². The van der Waals surface area contributed by atoms with E-state index in [-0.39, 0.29) is 11.7 Å². The van der Waals surface area contributed by atoms with Gasteiger partial charge in [-0.25, -0.2) is 4.39 Å². The Morgan fingerprint density at radius 2 is 1.75 bits per heavy atom. The number of amides is 1. The lowest BCUT2D eigenvalue weighted by Crippen LogP contribution is -2.49. The van der Waals surface area contributed by atoms with Crippen LogP contribution in [0.2, 0.25) is 0 Å². The first kappa shape index (κ1) is 16.4. The molecule has 6 heteroatoms. The second-order valence-corrected chi connectivity index (χ2v) is 6.03. The Morgan fingerprint density at radius 3 is 2.38 bits per heavy atom. The molecule has 1 fully saturated rings. The van der Waals surface area contributed by atoms with E-state index in [4.69, 9.17) is 0 Å². The number of piperazine rings is 1. The number of aromatic nitrogens is 2. The van der Waals surface area contributed by atoms with Crippen LogP contribution < -0.4 is 4.90 Å². The maximum absolute atomic E-state index is 12.9. The molecular formula is C18H21FN4O. The fourth-order valence-corrected chi connectivity index (χ4v) is 2.81. The van der Waals surface area contributed by atoms with Crippen LogP contribution in [-0.4, -0.2) is 47.2 Å². The number of rotatable bonds is 4. The van der Waals surface area contributed by atoms with E-state index in [9.17, 15) is 9.18 Å². The molecule has 0 N–H and O–H groups in total. The monoisotopic (exact) mass is 328 g/mol. The molecule has 0 aliphatic carbocycles. The van der Waals surface area contributed by atoms with E-state index in [0.29, 0.717) is 25.9 Å². The summed E-state index contributed by atoms with van der Waals surface area (Å²) in [7, 11) is 0. The largest absolute Gasteiger partial charge is 0.352 e. The minimum atomic E-state index is -0.250. The van der Waals surface area contributed by atoms with Gasteiger partial charge in [0.25, 0.3) is 0 Å². The zero-order chi connectivity index (χ0) is 16.9. The van der Waals surface area contributed by atoms with E-state index in [1.54, 1.807) is 12.1 Å². The Bertz CT molecular complexity index is 679. The lowest BCUT2D eigenvalue weighted by atomic mass is 10.1. The molecule has 0 bridgehead atoms. The summed E-state index contributed by atoms with van der Waals surface area (Å²) in [4.78, 5) is 16.4. The Balaban J connectivity index is 1.48. The topological polar surface area (TPSA) is 49.3 Å². The number of nitrogens with zero attached hydrogens (tertiary/aromatic N) is 4. The van der Waals surface area contributed by atoms with Crippen LogP contribution >= 0.6 is 0 Å². The van der Waals surface area contributed by atoms with Gasteiger partial charge in [-0.1, -0.05) is 12.1 Å². The highest BCUT2D eigenvalue weighted by molar-refractivity contribution is 5.76. The molecule has 1 saturated heterocycles. The molecule has 1 aliphatic heterocycles. The molecule has 2 aromatic rings. The quantitative estimate of drug-likeness (QED) is 0.863. The Labute approximate surface area is 141 Å². The summed E-state index contributed by atoms with van der Waals surface area (Å²) in [6.45, 7) is 4.82. The van der Waals surface area contributed by atoms with Crippen molar-refractivity contribution in [2.45, 2.75) is 19.8 Å². The average molecular weight is 328 g/mol. The van der Waals surface area contributed by atoms with Gasteiger partial charge in [-0.2, -0.15) is 5.10 Å². The minimum Gasteiger partial charge on any atom is -0.352 e. The van der Waals surface area contributed by atoms with Crippen LogP contribution in [0.4, 0.5) is 10.2 Å². The van der Waals surface area contributed by atoms with Gasteiger partial charge in [-0.3, -0.25) is 4.79 Å². The van der Waals surface area contributed by atoms with Gasteiger partial charge in [-0.15, -0.1) is 5.10 Å². The molecule has 0 radical (unpaired) electrons. The van der Waals surface area contributed by atoms with E-state index in [0.717, 1.165) is 30.2 Å². The summed E-state index contributed by atoms with van der Waals surface area (Å²) in [6.07, 6.45) is 1.10. The first-order valence-electron chi connectivity index (χ1n) is 8.19. The molecule has 5 nitrogen and oxygen atoms in total. The van der Waals surface area contributed by atoms with Crippen molar-refractivity contribution >= 4 is 11.7 Å². The van der Waals surface area contributed by atoms with Crippen LogP contribution in [0.3, 0.4) is 0 Å². The summed E-state index contributed by atoms with van der Waals surface area (Å²) < 4.78 is 12.9. The predicted octanol–water partition coefficient (Wildman–Crippen LogP) is 2.21. The first-order chi connectivity index (χ1) is 11.6. The average Bonchev–Trinajstić information content (AvgIpc) is 2.62. The van der Waals surface area contributed by atoms with E-state index < -0.39 is 0 Å². The second-order valence-electron chi connectivity index (χ2n) is 6.03. The van der Waals surface area contributed by atoms with E-state index >= 15 is 0 Å². The van der Waals surface area contributed by atoms with Crippen molar-refractivity contribution < 1.29 is 9.18 Å². The maximum atomic E-state index is 12.9. The number of benzene rings is 1. The number of aryl methyl sites for hydroxylation is 2. The molecule has 1 aromatic heterocycles. The molecule has 126 valence electrons. The van der Waals surface area contributed by atoms with Crippen LogP contribution in [-0.2, 0) is 11.2 Å². The van der Waals surface area contributed by atoms with Crippen LogP contribution in [0.15, 0.2) is 36.4 Å². The smallest absolute Gasteiger partial charge is 0.223 e. The standard InChI is InChI=1S/C18H21FN4O/c1-14-2-8-17(21-20-14)22-10-12-23(13-11-22)18(24)9-5-15-3-6-16(19)7-4-15/h2-4,6-8H,5,9-13H2,1H3. The van der Waals surface area contributed by atoms with Gasteiger partial charge in [0, 0.05) is 32.6 Å². The summed E-state index contributed by atoms with van der Waals surface area (Å²) in [5.74, 6) is 0.758. The third-order valence-corrected chi connectivity index (χ3v) is 4.28. The van der Waals surface area contributed by atoms with Gasteiger partial charge < -0.3 is 9.80 Å². The number of hydrogen-bond donors (Lipinski definition) is 0. The fourth-order valence-electron chi connectivity index (χ4n) is 2.81. The molecule has 24 heavy (non-hydrogen) atoms. The molecular weight excluding hydrogens is 307 g/mol. The predicted molar refractivity (Wildman–Crippen MR) is 90.3 cm³/mol. The molecule has 1 aliphatic rings. The van der Waals surface area contributed by atoms with Crippen molar-refractivity contribution in [3.63, 3.8) is 0 Å². The maximum Gasteiger partial charge on any atom is 0.223 e. The van der Waals surface area contributed by atoms with Crippen molar-refractivity contribution in [1.82, 2.24) is 15.1 Å². The van der Waals surface area contributed by atoms with Gasteiger partial charge in [0.05, 0.1) is 5.69 Å². The van der Waals surface area contributed by atoms with Crippen LogP contribution in [0.5, 0.6) is 0 Å². The van der Waals surface area contributed by atoms with Gasteiger partial charge in [0.1, 0.15) is 5.82 Å². The molecule has 2 heterocycles. The summed E-state index contributed by atoms with van der Waals surface area (Å²) in [5, 5.41) is 8.28. The van der Waals surface area contributed by atoms with Crippen LogP contribution in [0.1, 0.15) is 17.7 Å². The summed E-state index contributed by atoms with van der Waals surface area (Å²) >= 11 is 0. The van der Waals surface area contributed by atoms with Gasteiger partial charge in [0.15, 0.2) is 5.82 Å². The highest BCUT2D eigenvalue weighted by Gasteiger charge is 2.21. The van der Waals surface area contributed by atoms with E-state index in [1.807, 2.05) is 24.0 Å². The second kappa shape index (κ2) is 7.38. The van der Waals surface area contributed by atoms with Gasteiger partial charge >= 0.3 is 0 Å². The lowest BCUT2D eigenvalue weighted by Gasteiger charge is -2.35. The van der Waals surface area contributed by atoms with E-state index in [1.165, 1.54) is 12.1 Å². The molecule has 0 saturated carbocycles. The fraction of sp³-hybridized carbons (Fsp3) is 0.389. The number of carbonyl (C=O) groups excluding carboxylic acids is 1. The molecule has 0 unspecified atom stereocenters. The van der Waals surface area contributed by atoms with Crippen LogP contribution in [0, 0.1) is 12.7 Å². The highest BCUT2D eigenvalue weighted by Crippen LogP contribution is 2.14. The van der Waals surface area contributed by atoms with E-state index in [2.05, 4.69) is 15.1 Å². The molecule has 3 rings (SSSR count). The minimum absolute atomic E-state index is 0.147. The third-order valence-electron chi connectivity index (χ3n) is 4.28. The third kappa shape index (κ3) is 4.07. The SMILES string of the molecule is Cc1ccc(N2CCN(C(=O)CCc3ccc(F)cc3)CC2)nn1. The van der Waals surface area contributed by atoms with Crippen molar-refractivity contribution in [2.24, 2.45) is 0 Å². The Morgan fingerprint density at radius 1 is 1.04 bits per heavy atom. The lowest BCUT2D eigenvalue weighted by molar-refractivity contribution is -0.131. The van der Waals surface area contributed by atoms with Gasteiger partial charge in [-0.05, 0) is 43.2 Å². The Kier molecular flexibility index (Phi) is 5.03. The van der Waals surface area contributed by atoms with Crippen LogP contribution in [0.25, 0.3) is 0 Å². The van der Waals surface area contributed by atoms with Crippen molar-refractivity contribution in [3.8, 4) is 0 Å². The molecule has 0 spiro atoms. The van der Waals surface area contributed by atoms with Crippen molar-refractivity contribution in [1.29, 1.82) is 0 Å². The zero-order valence-corrected chi connectivity index (χ0v) is 13.8. The number of carbonyl (C=O) groups is 1. The number of hydrogen-bond acceptors (Lipinski definition) is 4. The molecule has 1 aromatic carbocycles. The Hall–Kier alpha value is -2.50. The molecule has 0 atom stereocenters. The zero-order valence-electron chi connectivity index (χ0n) is 13.8. The first-order valence-corrected chi connectivity index (χ1v) is 8.19. The summed E-state index contributed by atoms with van der Waals surface area (Å²) in [5.41, 5.74) is 1.88. The van der Waals surface area contributed by atoms with Gasteiger partial charge in [0.2, 0.25) is 5.91 Å². The molecule has 1 amide bonds. The highest BCUT2D eigenvalue weighted by atomic mass is 19.1. The number of anilines is 1. The number of halogens is 1. The summed E-state index contributed by atoms with van der Waals surface area (Å²) in [6, 6.07) is 10.2. The normalized spacial score (nSPS) is 14.8.